The van der Waals surface area contributed by atoms with Gasteiger partial charge in [0.15, 0.2) is 5.69 Å². The van der Waals surface area contributed by atoms with Crippen molar-refractivity contribution < 1.29 is 13.9 Å². The van der Waals surface area contributed by atoms with E-state index in [0.717, 1.165) is 0 Å². The third-order valence-corrected chi connectivity index (χ3v) is 2.17. The zero-order valence-corrected chi connectivity index (χ0v) is 9.26. The van der Waals surface area contributed by atoms with Crippen LogP contribution in [0.1, 0.15) is 17.4 Å². The molecule has 0 bridgehead atoms. The van der Waals surface area contributed by atoms with Gasteiger partial charge in [0, 0.05) is 6.20 Å². The van der Waals surface area contributed by atoms with Crippen LogP contribution in [0.5, 0.6) is 0 Å². The SMILES string of the molecule is CCOC(=O)c1ccn(-c2ccccc2F)n1. The number of hydrogen-bond donors (Lipinski definition) is 0. The summed E-state index contributed by atoms with van der Waals surface area (Å²) in [7, 11) is 0. The molecule has 17 heavy (non-hydrogen) atoms. The largest absolute Gasteiger partial charge is 0.461 e. The van der Waals surface area contributed by atoms with E-state index in [0.29, 0.717) is 5.69 Å². The molecule has 0 fully saturated rings. The lowest BCUT2D eigenvalue weighted by Crippen LogP contribution is -2.07. The lowest BCUT2D eigenvalue weighted by molar-refractivity contribution is 0.0519. The Balaban J connectivity index is 2.30. The predicted octanol–water partition coefficient (Wildman–Crippen LogP) is 2.19. The molecule has 0 spiro atoms. The van der Waals surface area contributed by atoms with Gasteiger partial charge in [-0.2, -0.15) is 5.10 Å². The molecule has 0 amide bonds. The molecule has 0 saturated heterocycles. The second-order valence-corrected chi connectivity index (χ2v) is 3.32. The number of aromatic nitrogens is 2. The van der Waals surface area contributed by atoms with Crippen molar-refractivity contribution in [3.05, 3.63) is 48.0 Å². The second kappa shape index (κ2) is 4.78. The average molecular weight is 234 g/mol. The molecule has 1 aromatic heterocycles. The summed E-state index contributed by atoms with van der Waals surface area (Å²) in [6.07, 6.45) is 1.52. The van der Waals surface area contributed by atoms with E-state index in [1.165, 1.54) is 23.0 Å². The van der Waals surface area contributed by atoms with E-state index >= 15 is 0 Å². The summed E-state index contributed by atoms with van der Waals surface area (Å²) >= 11 is 0. The van der Waals surface area contributed by atoms with Crippen molar-refractivity contribution in [2.45, 2.75) is 6.92 Å². The maximum Gasteiger partial charge on any atom is 0.358 e. The van der Waals surface area contributed by atoms with Crippen LogP contribution < -0.4 is 0 Å². The molecular weight excluding hydrogens is 223 g/mol. The van der Waals surface area contributed by atoms with Gasteiger partial charge in [-0.3, -0.25) is 0 Å². The number of esters is 1. The first-order valence-electron chi connectivity index (χ1n) is 5.20. The van der Waals surface area contributed by atoms with Gasteiger partial charge in [-0.1, -0.05) is 12.1 Å². The maximum absolute atomic E-state index is 13.5. The fraction of sp³-hybridized carbons (Fsp3) is 0.167. The topological polar surface area (TPSA) is 44.1 Å². The van der Waals surface area contributed by atoms with Crippen LogP contribution in [-0.2, 0) is 4.74 Å². The van der Waals surface area contributed by atoms with Crippen LogP contribution in [0.4, 0.5) is 4.39 Å². The molecule has 0 aliphatic rings. The molecule has 0 aliphatic carbocycles. The Morgan fingerprint density at radius 2 is 2.18 bits per heavy atom. The van der Waals surface area contributed by atoms with Crippen molar-refractivity contribution in [2.75, 3.05) is 6.61 Å². The van der Waals surface area contributed by atoms with E-state index in [-0.39, 0.29) is 12.3 Å². The van der Waals surface area contributed by atoms with Gasteiger partial charge in [0.25, 0.3) is 0 Å². The van der Waals surface area contributed by atoms with Crippen LogP contribution in [0.15, 0.2) is 36.5 Å². The highest BCUT2D eigenvalue weighted by atomic mass is 19.1. The molecule has 88 valence electrons. The van der Waals surface area contributed by atoms with Crippen molar-refractivity contribution in [1.82, 2.24) is 9.78 Å². The molecule has 5 heteroatoms. The minimum absolute atomic E-state index is 0.162. The first kappa shape index (κ1) is 11.3. The van der Waals surface area contributed by atoms with Crippen molar-refractivity contribution in [2.24, 2.45) is 0 Å². The van der Waals surface area contributed by atoms with Crippen LogP contribution >= 0.6 is 0 Å². The Bertz CT molecular complexity index is 537. The van der Waals surface area contributed by atoms with E-state index in [2.05, 4.69) is 5.10 Å². The average Bonchev–Trinajstić information content (AvgIpc) is 2.79. The Kier molecular flexibility index (Phi) is 3.18. The second-order valence-electron chi connectivity index (χ2n) is 3.32. The van der Waals surface area contributed by atoms with Crippen LogP contribution in [0, 0.1) is 5.82 Å². The number of hydrogen-bond acceptors (Lipinski definition) is 3. The Labute approximate surface area is 97.6 Å². The summed E-state index contributed by atoms with van der Waals surface area (Å²) in [6.45, 7) is 2.00. The van der Waals surface area contributed by atoms with Crippen LogP contribution in [0.3, 0.4) is 0 Å². The van der Waals surface area contributed by atoms with Crippen LogP contribution in [-0.4, -0.2) is 22.4 Å². The number of carbonyl (C=O) groups excluding carboxylic acids is 1. The summed E-state index contributed by atoms with van der Waals surface area (Å²) in [5.41, 5.74) is 0.457. The van der Waals surface area contributed by atoms with Crippen molar-refractivity contribution in [3.63, 3.8) is 0 Å². The molecule has 0 aliphatic heterocycles. The third kappa shape index (κ3) is 2.33. The zero-order chi connectivity index (χ0) is 12.3. The standard InChI is InChI=1S/C12H11FN2O2/c1-2-17-12(16)10-7-8-15(14-10)11-6-4-3-5-9(11)13/h3-8H,2H2,1H3. The molecule has 0 radical (unpaired) electrons. The van der Waals surface area contributed by atoms with E-state index < -0.39 is 11.8 Å². The van der Waals surface area contributed by atoms with Crippen molar-refractivity contribution in [1.29, 1.82) is 0 Å². The Morgan fingerprint density at radius 1 is 1.41 bits per heavy atom. The minimum atomic E-state index is -0.511. The van der Waals surface area contributed by atoms with Gasteiger partial charge in [-0.25, -0.2) is 13.9 Å². The van der Waals surface area contributed by atoms with E-state index in [1.54, 1.807) is 25.1 Å². The molecule has 0 saturated carbocycles. The predicted molar refractivity (Wildman–Crippen MR) is 59.5 cm³/mol. The maximum atomic E-state index is 13.5. The van der Waals surface area contributed by atoms with Crippen LogP contribution in [0.2, 0.25) is 0 Å². The number of para-hydroxylation sites is 1. The summed E-state index contributed by atoms with van der Waals surface area (Å²) < 4.78 is 19.6. The molecule has 0 unspecified atom stereocenters. The first-order valence-corrected chi connectivity index (χ1v) is 5.20. The van der Waals surface area contributed by atoms with Crippen molar-refractivity contribution in [3.8, 4) is 5.69 Å². The van der Waals surface area contributed by atoms with Crippen LogP contribution in [0.25, 0.3) is 5.69 Å². The highest BCUT2D eigenvalue weighted by Crippen LogP contribution is 2.12. The molecule has 1 aromatic carbocycles. The van der Waals surface area contributed by atoms with Gasteiger partial charge in [-0.05, 0) is 25.1 Å². The monoisotopic (exact) mass is 234 g/mol. The highest BCUT2D eigenvalue weighted by Gasteiger charge is 2.12. The molecule has 0 atom stereocenters. The molecule has 2 aromatic rings. The van der Waals surface area contributed by atoms with E-state index in [1.807, 2.05) is 0 Å². The number of carbonyl (C=O) groups is 1. The Hall–Kier alpha value is -2.17. The number of benzene rings is 1. The Morgan fingerprint density at radius 3 is 2.88 bits per heavy atom. The zero-order valence-electron chi connectivity index (χ0n) is 9.26. The fourth-order valence-electron chi connectivity index (χ4n) is 1.41. The summed E-state index contributed by atoms with van der Waals surface area (Å²) in [4.78, 5) is 11.4. The van der Waals surface area contributed by atoms with Crippen molar-refractivity contribution >= 4 is 5.97 Å². The van der Waals surface area contributed by atoms with Gasteiger partial charge in [0.1, 0.15) is 11.5 Å². The minimum Gasteiger partial charge on any atom is -0.461 e. The summed E-state index contributed by atoms with van der Waals surface area (Å²) in [6, 6.07) is 7.70. The third-order valence-electron chi connectivity index (χ3n) is 2.17. The number of halogens is 1. The van der Waals surface area contributed by atoms with Gasteiger partial charge >= 0.3 is 5.97 Å². The number of ether oxygens (including phenoxy) is 1. The van der Waals surface area contributed by atoms with E-state index in [9.17, 15) is 9.18 Å². The summed E-state index contributed by atoms with van der Waals surface area (Å²) in [5.74, 6) is -0.909. The highest BCUT2D eigenvalue weighted by molar-refractivity contribution is 5.87. The van der Waals surface area contributed by atoms with Gasteiger partial charge in [-0.15, -0.1) is 0 Å². The van der Waals surface area contributed by atoms with Gasteiger partial charge in [0.05, 0.1) is 6.61 Å². The van der Waals surface area contributed by atoms with Gasteiger partial charge in [0.2, 0.25) is 0 Å². The number of nitrogens with zero attached hydrogens (tertiary/aromatic N) is 2. The molecular formula is C12H11FN2O2. The normalized spacial score (nSPS) is 10.2. The molecule has 0 N–H and O–H groups in total. The lowest BCUT2D eigenvalue weighted by atomic mass is 10.3. The lowest BCUT2D eigenvalue weighted by Gasteiger charge is -2.02. The van der Waals surface area contributed by atoms with E-state index in [4.69, 9.17) is 4.74 Å². The molecule has 1 heterocycles. The smallest absolute Gasteiger partial charge is 0.358 e. The number of rotatable bonds is 3. The fourth-order valence-corrected chi connectivity index (χ4v) is 1.41. The first-order chi connectivity index (χ1) is 8.22. The summed E-state index contributed by atoms with van der Waals surface area (Å²) in [5, 5.41) is 3.96. The quantitative estimate of drug-likeness (QED) is 0.764. The molecule has 2 rings (SSSR count). The molecule has 4 nitrogen and oxygen atoms in total. The van der Waals surface area contributed by atoms with Gasteiger partial charge < -0.3 is 4.74 Å².